The fourth-order valence-electron chi connectivity index (χ4n) is 3.70. The van der Waals surface area contributed by atoms with Gasteiger partial charge in [0.2, 0.25) is 0 Å². The maximum Gasteiger partial charge on any atom is 0.372 e. The van der Waals surface area contributed by atoms with Crippen molar-refractivity contribution in [2.75, 3.05) is 6.61 Å². The normalized spacial score (nSPS) is 17.2. The third-order valence-electron chi connectivity index (χ3n) is 6.47. The summed E-state index contributed by atoms with van der Waals surface area (Å²) in [6.07, 6.45) is 8.88. The van der Waals surface area contributed by atoms with E-state index >= 15 is 0 Å². The molecule has 0 aliphatic carbocycles. The van der Waals surface area contributed by atoms with Crippen LogP contribution in [-0.2, 0) is 19.3 Å². The molecule has 0 N–H and O–H groups in total. The van der Waals surface area contributed by atoms with Crippen molar-refractivity contribution in [2.24, 2.45) is 16.2 Å². The number of unbranched alkanes of at least 4 members (excludes halogenated alkanes) is 6. The molecule has 1 fully saturated rings. The number of carbonyl (C=O) groups is 1. The Morgan fingerprint density at radius 3 is 1.69 bits per heavy atom. The number of hydrogen-bond donors (Lipinski definition) is 0. The Morgan fingerprint density at radius 1 is 0.808 bits per heavy atom. The van der Waals surface area contributed by atoms with E-state index in [0.717, 1.165) is 12.8 Å². The van der Waals surface area contributed by atoms with E-state index in [1.807, 2.05) is 0 Å². The van der Waals surface area contributed by atoms with Crippen molar-refractivity contribution in [2.45, 2.75) is 113 Å². The van der Waals surface area contributed by atoms with E-state index in [0.29, 0.717) is 13.0 Å². The molecule has 0 saturated carbocycles. The van der Waals surface area contributed by atoms with Crippen molar-refractivity contribution in [3.05, 3.63) is 0 Å². The average molecular weight is 371 g/mol. The van der Waals surface area contributed by atoms with Crippen LogP contribution in [0.4, 0.5) is 0 Å². The Morgan fingerprint density at radius 2 is 1.27 bits per heavy atom. The van der Waals surface area contributed by atoms with Crippen molar-refractivity contribution in [3.8, 4) is 0 Å². The highest BCUT2D eigenvalue weighted by atomic mass is 17.4. The molecule has 1 heterocycles. The van der Waals surface area contributed by atoms with Crippen molar-refractivity contribution in [1.29, 1.82) is 0 Å². The van der Waals surface area contributed by atoms with Crippen molar-refractivity contribution < 1.29 is 19.3 Å². The molecule has 1 aliphatic heterocycles. The fraction of sp³-hybridized carbons (Fsp3) is 0.955. The quantitative estimate of drug-likeness (QED) is 0.182. The van der Waals surface area contributed by atoms with Crippen LogP contribution in [0.3, 0.4) is 0 Å². The molecule has 0 unspecified atom stereocenters. The first-order valence-corrected chi connectivity index (χ1v) is 10.4. The molecule has 1 rings (SSSR count). The van der Waals surface area contributed by atoms with Crippen LogP contribution in [0.25, 0.3) is 0 Å². The predicted molar refractivity (Wildman–Crippen MR) is 105 cm³/mol. The molecule has 0 radical (unpaired) electrons. The van der Waals surface area contributed by atoms with Crippen LogP contribution in [0.1, 0.15) is 107 Å². The van der Waals surface area contributed by atoms with Gasteiger partial charge in [0.1, 0.15) is 0 Å². The zero-order valence-corrected chi connectivity index (χ0v) is 18.5. The molecular weight excluding hydrogens is 328 g/mol. The van der Waals surface area contributed by atoms with E-state index in [2.05, 4.69) is 55.4 Å². The molecule has 1 saturated heterocycles. The summed E-state index contributed by atoms with van der Waals surface area (Å²) in [5, 5.41) is 0. The lowest BCUT2D eigenvalue weighted by Crippen LogP contribution is -2.48. The van der Waals surface area contributed by atoms with Gasteiger partial charge < -0.3 is 4.74 Å². The largest absolute Gasteiger partial charge is 0.462 e. The fourth-order valence-corrected chi connectivity index (χ4v) is 3.70. The Balaban J connectivity index is 2.49. The molecule has 1 aliphatic rings. The second kappa shape index (κ2) is 9.05. The van der Waals surface area contributed by atoms with E-state index in [1.54, 1.807) is 0 Å². The molecular formula is C22H42O4. The summed E-state index contributed by atoms with van der Waals surface area (Å²) in [6.45, 7) is 18.1. The van der Waals surface area contributed by atoms with E-state index in [4.69, 9.17) is 14.5 Å². The van der Waals surface area contributed by atoms with Gasteiger partial charge in [0, 0.05) is 6.42 Å². The molecule has 0 aromatic carbocycles. The summed E-state index contributed by atoms with van der Waals surface area (Å²) >= 11 is 0. The van der Waals surface area contributed by atoms with Crippen LogP contribution in [0.15, 0.2) is 0 Å². The summed E-state index contributed by atoms with van der Waals surface area (Å²) in [5.74, 6) is -1.58. The maximum absolute atomic E-state index is 12.6. The van der Waals surface area contributed by atoms with Crippen molar-refractivity contribution in [1.82, 2.24) is 0 Å². The third kappa shape index (κ3) is 5.95. The summed E-state index contributed by atoms with van der Waals surface area (Å²) in [7, 11) is 0. The topological polar surface area (TPSA) is 51.4 Å². The molecule has 0 atom stereocenters. The van der Waals surface area contributed by atoms with Crippen LogP contribution in [0, 0.1) is 16.2 Å². The molecule has 0 aromatic heterocycles. The van der Waals surface area contributed by atoms with Gasteiger partial charge in [-0.2, -0.15) is 9.78 Å². The lowest BCUT2D eigenvalue weighted by molar-refractivity contribution is -0.156. The highest BCUT2D eigenvalue weighted by Gasteiger charge is 2.65. The maximum atomic E-state index is 12.6. The predicted octanol–water partition coefficient (Wildman–Crippen LogP) is 6.43. The standard InChI is InChI=1S/C22H42O4/c1-9-10-11-12-13-14-15-16-24-18(23)22(25-26-22)17-21(8,19(2,3)4)20(5,6)7/h9-17H2,1-8H3. The molecule has 0 aromatic rings. The van der Waals surface area contributed by atoms with Gasteiger partial charge in [-0.3, -0.25) is 0 Å². The van der Waals surface area contributed by atoms with Gasteiger partial charge in [0.15, 0.2) is 0 Å². The van der Waals surface area contributed by atoms with Gasteiger partial charge in [-0.25, -0.2) is 4.79 Å². The van der Waals surface area contributed by atoms with E-state index in [9.17, 15) is 4.79 Å². The Kier molecular flexibility index (Phi) is 8.16. The number of esters is 1. The lowest BCUT2D eigenvalue weighted by Gasteiger charge is -2.51. The molecule has 154 valence electrons. The third-order valence-corrected chi connectivity index (χ3v) is 6.47. The van der Waals surface area contributed by atoms with Gasteiger partial charge in [0.05, 0.1) is 6.61 Å². The highest BCUT2D eigenvalue weighted by molar-refractivity contribution is 5.79. The lowest BCUT2D eigenvalue weighted by atomic mass is 9.53. The molecule has 26 heavy (non-hydrogen) atoms. The summed E-state index contributed by atoms with van der Waals surface area (Å²) in [5.41, 5.74) is -0.173. The summed E-state index contributed by atoms with van der Waals surface area (Å²) < 4.78 is 5.48. The Bertz CT molecular complexity index is 424. The number of hydrogen-bond acceptors (Lipinski definition) is 4. The minimum absolute atomic E-state index is 0.00761. The monoisotopic (exact) mass is 370 g/mol. The first-order valence-electron chi connectivity index (χ1n) is 10.4. The Labute approximate surface area is 161 Å². The van der Waals surface area contributed by atoms with Crippen LogP contribution in [-0.4, -0.2) is 18.4 Å². The smallest absolute Gasteiger partial charge is 0.372 e. The molecule has 4 heteroatoms. The Hall–Kier alpha value is -0.610. The zero-order valence-electron chi connectivity index (χ0n) is 18.5. The molecule has 0 amide bonds. The van der Waals surface area contributed by atoms with Gasteiger partial charge in [0.25, 0.3) is 0 Å². The second-order valence-electron chi connectivity index (χ2n) is 10.2. The van der Waals surface area contributed by atoms with Crippen LogP contribution in [0.5, 0.6) is 0 Å². The van der Waals surface area contributed by atoms with Gasteiger partial charge in [-0.1, -0.05) is 93.9 Å². The van der Waals surface area contributed by atoms with Crippen molar-refractivity contribution in [3.63, 3.8) is 0 Å². The first kappa shape index (κ1) is 23.4. The SMILES string of the molecule is CCCCCCCCCOC(=O)C1(CC(C)(C(C)(C)C)C(C)(C)C)OO1. The van der Waals surface area contributed by atoms with E-state index in [-0.39, 0.29) is 22.2 Å². The minimum Gasteiger partial charge on any atom is -0.462 e. The zero-order chi connectivity index (χ0) is 20.1. The molecule has 4 nitrogen and oxygen atoms in total. The minimum atomic E-state index is -1.21. The number of rotatable bonds is 11. The van der Waals surface area contributed by atoms with E-state index in [1.165, 1.54) is 32.1 Å². The second-order valence-corrected chi connectivity index (χ2v) is 10.2. The van der Waals surface area contributed by atoms with Gasteiger partial charge in [-0.15, -0.1) is 0 Å². The summed E-state index contributed by atoms with van der Waals surface area (Å²) in [6, 6.07) is 0. The van der Waals surface area contributed by atoms with Gasteiger partial charge >= 0.3 is 11.8 Å². The molecule has 0 bridgehead atoms. The first-order chi connectivity index (χ1) is 11.9. The average Bonchev–Trinajstić information content (AvgIpc) is 3.28. The number of carbonyl (C=O) groups excluding carboxylic acids is 1. The van der Waals surface area contributed by atoms with E-state index < -0.39 is 5.79 Å². The summed E-state index contributed by atoms with van der Waals surface area (Å²) in [4.78, 5) is 22.9. The van der Waals surface area contributed by atoms with Gasteiger partial charge in [-0.05, 0) is 22.7 Å². The van der Waals surface area contributed by atoms with Crippen LogP contribution < -0.4 is 0 Å². The highest BCUT2D eigenvalue weighted by Crippen LogP contribution is 2.58. The number of ether oxygens (including phenoxy) is 1. The van der Waals surface area contributed by atoms with Crippen LogP contribution >= 0.6 is 0 Å². The van der Waals surface area contributed by atoms with Crippen molar-refractivity contribution >= 4 is 5.97 Å². The van der Waals surface area contributed by atoms with Crippen LogP contribution in [0.2, 0.25) is 0 Å². The molecule has 0 spiro atoms.